The van der Waals surface area contributed by atoms with E-state index in [2.05, 4.69) is 48.8 Å². The van der Waals surface area contributed by atoms with Gasteiger partial charge in [0.2, 0.25) is 0 Å². The SMILES string of the molecule is CC1(C)C(c2onc(N)c2-c2ccc(Br)cc2)C1(C)C. The minimum atomic E-state index is 0.198. The third-order valence-corrected chi connectivity index (χ3v) is 5.69. The number of benzene rings is 1. The van der Waals surface area contributed by atoms with E-state index >= 15 is 0 Å². The van der Waals surface area contributed by atoms with Crippen LogP contribution in [-0.4, -0.2) is 5.16 Å². The zero-order chi connectivity index (χ0) is 14.7. The molecule has 0 spiro atoms. The predicted molar refractivity (Wildman–Crippen MR) is 84.4 cm³/mol. The monoisotopic (exact) mass is 334 g/mol. The maximum absolute atomic E-state index is 6.04. The van der Waals surface area contributed by atoms with E-state index in [9.17, 15) is 0 Å². The van der Waals surface area contributed by atoms with Gasteiger partial charge in [-0.2, -0.15) is 0 Å². The molecular formula is C16H19BrN2O. The van der Waals surface area contributed by atoms with Crippen LogP contribution < -0.4 is 5.73 Å². The molecule has 1 aromatic carbocycles. The van der Waals surface area contributed by atoms with Gasteiger partial charge in [0.25, 0.3) is 0 Å². The first kappa shape index (κ1) is 13.7. The van der Waals surface area contributed by atoms with Gasteiger partial charge in [0, 0.05) is 10.4 Å². The Morgan fingerprint density at radius 1 is 1.10 bits per heavy atom. The van der Waals surface area contributed by atoms with Crippen LogP contribution in [0, 0.1) is 10.8 Å². The van der Waals surface area contributed by atoms with Crippen LogP contribution in [0.1, 0.15) is 39.4 Å². The summed E-state index contributed by atoms with van der Waals surface area (Å²) in [6.07, 6.45) is 0. The van der Waals surface area contributed by atoms with Crippen LogP contribution in [0.25, 0.3) is 11.1 Å². The fourth-order valence-electron chi connectivity index (χ4n) is 3.27. The van der Waals surface area contributed by atoms with Crippen LogP contribution in [0.2, 0.25) is 0 Å². The minimum Gasteiger partial charge on any atom is -0.380 e. The number of hydrogen-bond donors (Lipinski definition) is 1. The number of rotatable bonds is 2. The molecule has 0 aliphatic heterocycles. The third kappa shape index (κ3) is 1.74. The van der Waals surface area contributed by atoms with Gasteiger partial charge in [-0.25, -0.2) is 0 Å². The Morgan fingerprint density at radius 2 is 1.65 bits per heavy atom. The highest BCUT2D eigenvalue weighted by atomic mass is 79.9. The van der Waals surface area contributed by atoms with Gasteiger partial charge in [0.15, 0.2) is 11.6 Å². The molecule has 0 amide bonds. The highest BCUT2D eigenvalue weighted by Crippen LogP contribution is 2.74. The Hall–Kier alpha value is -1.29. The van der Waals surface area contributed by atoms with Gasteiger partial charge in [0.1, 0.15) is 0 Å². The van der Waals surface area contributed by atoms with Crippen molar-refractivity contribution in [3.8, 4) is 11.1 Å². The second-order valence-electron chi connectivity index (χ2n) is 6.69. The zero-order valence-electron chi connectivity index (χ0n) is 12.2. The molecule has 1 heterocycles. The molecule has 3 rings (SSSR count). The maximum Gasteiger partial charge on any atom is 0.175 e. The lowest BCUT2D eigenvalue weighted by molar-refractivity contribution is 0.374. The van der Waals surface area contributed by atoms with Crippen LogP contribution in [0.5, 0.6) is 0 Å². The van der Waals surface area contributed by atoms with Crippen molar-refractivity contribution in [3.05, 3.63) is 34.5 Å². The number of nitrogen functional groups attached to an aromatic ring is 1. The van der Waals surface area contributed by atoms with Crippen molar-refractivity contribution in [1.82, 2.24) is 5.16 Å². The summed E-state index contributed by atoms with van der Waals surface area (Å²) >= 11 is 3.45. The summed E-state index contributed by atoms with van der Waals surface area (Å²) in [4.78, 5) is 0. The minimum absolute atomic E-state index is 0.198. The molecule has 0 unspecified atom stereocenters. The highest BCUT2D eigenvalue weighted by molar-refractivity contribution is 9.10. The summed E-state index contributed by atoms with van der Waals surface area (Å²) in [5.41, 5.74) is 8.43. The molecule has 2 N–H and O–H groups in total. The van der Waals surface area contributed by atoms with Crippen LogP contribution >= 0.6 is 15.9 Å². The molecule has 106 valence electrons. The smallest absolute Gasteiger partial charge is 0.175 e. The Labute approximate surface area is 127 Å². The molecule has 1 aliphatic carbocycles. The number of anilines is 1. The molecule has 0 atom stereocenters. The van der Waals surface area contributed by atoms with Gasteiger partial charge in [-0.15, -0.1) is 0 Å². The van der Waals surface area contributed by atoms with Gasteiger partial charge in [-0.05, 0) is 28.5 Å². The zero-order valence-corrected chi connectivity index (χ0v) is 13.8. The molecule has 0 saturated heterocycles. The predicted octanol–water partition coefficient (Wildman–Crippen LogP) is 4.84. The Morgan fingerprint density at radius 3 is 2.15 bits per heavy atom. The first-order chi connectivity index (χ1) is 9.26. The first-order valence-electron chi connectivity index (χ1n) is 6.78. The van der Waals surface area contributed by atoms with E-state index in [-0.39, 0.29) is 10.8 Å². The molecule has 1 fully saturated rings. The lowest BCUT2D eigenvalue weighted by atomic mass is 10.0. The molecule has 0 bridgehead atoms. The number of halogens is 1. The quantitative estimate of drug-likeness (QED) is 0.855. The highest BCUT2D eigenvalue weighted by Gasteiger charge is 2.67. The van der Waals surface area contributed by atoms with E-state index in [1.165, 1.54) is 0 Å². The maximum atomic E-state index is 6.04. The number of aromatic nitrogens is 1. The van der Waals surface area contributed by atoms with Crippen molar-refractivity contribution < 1.29 is 4.52 Å². The van der Waals surface area contributed by atoms with Crippen molar-refractivity contribution >= 4 is 21.7 Å². The molecule has 3 nitrogen and oxygen atoms in total. The lowest BCUT2D eigenvalue weighted by Gasteiger charge is -2.04. The molecule has 20 heavy (non-hydrogen) atoms. The Balaban J connectivity index is 2.10. The van der Waals surface area contributed by atoms with E-state index < -0.39 is 0 Å². The summed E-state index contributed by atoms with van der Waals surface area (Å²) in [5, 5.41) is 4.00. The van der Waals surface area contributed by atoms with E-state index in [1.807, 2.05) is 24.3 Å². The molecule has 2 aromatic rings. The topological polar surface area (TPSA) is 52.0 Å². The third-order valence-electron chi connectivity index (χ3n) is 5.16. The van der Waals surface area contributed by atoms with E-state index in [0.29, 0.717) is 11.7 Å². The normalized spacial score (nSPS) is 20.1. The number of hydrogen-bond acceptors (Lipinski definition) is 3. The molecule has 1 aliphatic rings. The van der Waals surface area contributed by atoms with Crippen LogP contribution in [0.3, 0.4) is 0 Å². The van der Waals surface area contributed by atoms with Crippen molar-refractivity contribution in [3.63, 3.8) is 0 Å². The van der Waals surface area contributed by atoms with Crippen molar-refractivity contribution in [2.45, 2.75) is 33.6 Å². The van der Waals surface area contributed by atoms with E-state index in [4.69, 9.17) is 10.3 Å². The van der Waals surface area contributed by atoms with Gasteiger partial charge in [-0.1, -0.05) is 60.9 Å². The van der Waals surface area contributed by atoms with Crippen molar-refractivity contribution in [2.24, 2.45) is 10.8 Å². The van der Waals surface area contributed by atoms with Crippen molar-refractivity contribution in [2.75, 3.05) is 5.73 Å². The average molecular weight is 335 g/mol. The molecule has 1 saturated carbocycles. The van der Waals surface area contributed by atoms with Crippen LogP contribution in [0.4, 0.5) is 5.82 Å². The fraction of sp³-hybridized carbons (Fsp3) is 0.438. The summed E-state index contributed by atoms with van der Waals surface area (Å²) in [6, 6.07) is 8.10. The molecule has 0 radical (unpaired) electrons. The van der Waals surface area contributed by atoms with Crippen LogP contribution in [-0.2, 0) is 0 Å². The Kier molecular flexibility index (Phi) is 2.81. The van der Waals surface area contributed by atoms with Gasteiger partial charge < -0.3 is 10.3 Å². The van der Waals surface area contributed by atoms with Gasteiger partial charge in [-0.3, -0.25) is 0 Å². The summed E-state index contributed by atoms with van der Waals surface area (Å²) in [5.74, 6) is 1.74. The molecular weight excluding hydrogens is 316 g/mol. The van der Waals surface area contributed by atoms with Crippen molar-refractivity contribution in [1.29, 1.82) is 0 Å². The molecule has 4 heteroatoms. The Bertz CT molecular complexity index is 642. The fourth-order valence-corrected chi connectivity index (χ4v) is 3.54. The molecule has 1 aromatic heterocycles. The average Bonchev–Trinajstić information content (AvgIpc) is 2.65. The van der Waals surface area contributed by atoms with Crippen LogP contribution in [0.15, 0.2) is 33.3 Å². The summed E-state index contributed by atoms with van der Waals surface area (Å²) in [7, 11) is 0. The first-order valence-corrected chi connectivity index (χ1v) is 7.57. The summed E-state index contributed by atoms with van der Waals surface area (Å²) < 4.78 is 6.63. The second kappa shape index (κ2) is 4.10. The number of nitrogens with two attached hydrogens (primary N) is 1. The summed E-state index contributed by atoms with van der Waals surface area (Å²) in [6.45, 7) is 9.06. The standard InChI is InChI=1S/C16H19BrN2O/c1-15(2)13(16(15,3)4)12-11(14(18)19-20-12)9-5-7-10(17)8-6-9/h5-8,13H,1-4H3,(H2,18,19). The largest absolute Gasteiger partial charge is 0.380 e. The second-order valence-corrected chi connectivity index (χ2v) is 7.61. The van der Waals surface area contributed by atoms with Gasteiger partial charge >= 0.3 is 0 Å². The van der Waals surface area contributed by atoms with E-state index in [1.54, 1.807) is 0 Å². The number of nitrogens with zero attached hydrogens (tertiary/aromatic N) is 1. The lowest BCUT2D eigenvalue weighted by Crippen LogP contribution is -1.95. The van der Waals surface area contributed by atoms with Gasteiger partial charge in [0.05, 0.1) is 5.56 Å². The van der Waals surface area contributed by atoms with E-state index in [0.717, 1.165) is 21.4 Å².